The molecule has 1 aromatic carbocycles. The third-order valence-electron chi connectivity index (χ3n) is 4.17. The first kappa shape index (κ1) is 24.3. The summed E-state index contributed by atoms with van der Waals surface area (Å²) in [5, 5.41) is 3.75. The molecular weight excluding hydrogens is 430 g/mol. The van der Waals surface area contributed by atoms with E-state index in [2.05, 4.69) is 10.0 Å². The number of azide groups is 1. The molecule has 0 bridgehead atoms. The number of benzene rings is 1. The average Bonchev–Trinajstić information content (AvgIpc) is 2.70. The Morgan fingerprint density at radius 3 is 2.19 bits per heavy atom. The smallest absolute Gasteiger partial charge is 0.303 e. The lowest BCUT2D eigenvalue weighted by Crippen LogP contribution is -2.59. The van der Waals surface area contributed by atoms with Crippen molar-refractivity contribution in [2.24, 2.45) is 5.11 Å². The fourth-order valence-electron chi connectivity index (χ4n) is 2.95. The van der Waals surface area contributed by atoms with Crippen molar-refractivity contribution in [2.75, 3.05) is 13.7 Å². The van der Waals surface area contributed by atoms with Gasteiger partial charge in [0.2, 0.25) is 0 Å². The molecule has 168 valence electrons. The molecule has 1 saturated heterocycles. The van der Waals surface area contributed by atoms with Gasteiger partial charge in [0, 0.05) is 30.6 Å². The molecule has 5 atom stereocenters. The van der Waals surface area contributed by atoms with Gasteiger partial charge in [0.1, 0.15) is 29.9 Å². The maximum atomic E-state index is 11.8. The Balaban J connectivity index is 2.40. The normalized spacial score (nSPS) is 25.0. The summed E-state index contributed by atoms with van der Waals surface area (Å²) in [6.07, 6.45) is -3.26. The molecule has 0 spiro atoms. The van der Waals surface area contributed by atoms with Crippen LogP contribution in [0.15, 0.2) is 34.3 Å². The topological polar surface area (TPSA) is 146 Å². The van der Waals surface area contributed by atoms with Crippen LogP contribution in [0, 0.1) is 0 Å². The summed E-state index contributed by atoms with van der Waals surface area (Å²) in [6, 6.07) is 6.02. The van der Waals surface area contributed by atoms with Crippen molar-refractivity contribution < 1.29 is 38.1 Å². The molecule has 1 aromatic rings. The van der Waals surface area contributed by atoms with E-state index < -0.39 is 47.7 Å². The fourth-order valence-corrected chi connectivity index (χ4v) is 4.06. The molecule has 0 N–H and O–H groups in total. The number of nitrogens with zero attached hydrogens (tertiary/aromatic N) is 3. The van der Waals surface area contributed by atoms with Gasteiger partial charge in [-0.2, -0.15) is 0 Å². The van der Waals surface area contributed by atoms with Crippen molar-refractivity contribution in [1.82, 2.24) is 0 Å². The minimum Gasteiger partial charge on any atom is -0.497 e. The number of carbonyl (C=O) groups excluding carboxylic acids is 3. The van der Waals surface area contributed by atoms with Crippen molar-refractivity contribution in [2.45, 2.75) is 55.5 Å². The Morgan fingerprint density at radius 1 is 1.06 bits per heavy atom. The second kappa shape index (κ2) is 11.4. The van der Waals surface area contributed by atoms with Crippen LogP contribution in [0.2, 0.25) is 0 Å². The zero-order valence-electron chi connectivity index (χ0n) is 17.4. The number of rotatable bonds is 8. The molecule has 1 aliphatic heterocycles. The maximum absolute atomic E-state index is 11.8. The van der Waals surface area contributed by atoms with E-state index in [4.69, 9.17) is 29.2 Å². The number of methoxy groups -OCH3 is 1. The van der Waals surface area contributed by atoms with Crippen LogP contribution in [0.25, 0.3) is 10.4 Å². The number of hydrogen-bond donors (Lipinski definition) is 0. The van der Waals surface area contributed by atoms with Gasteiger partial charge in [0.25, 0.3) is 0 Å². The van der Waals surface area contributed by atoms with E-state index in [9.17, 15) is 14.4 Å². The van der Waals surface area contributed by atoms with Crippen molar-refractivity contribution >= 4 is 29.7 Å². The molecule has 1 aliphatic rings. The first-order chi connectivity index (χ1) is 14.7. The molecule has 0 radical (unpaired) electrons. The van der Waals surface area contributed by atoms with Crippen LogP contribution in [0.4, 0.5) is 0 Å². The van der Waals surface area contributed by atoms with Gasteiger partial charge in [-0.15, -0.1) is 0 Å². The molecule has 0 aliphatic carbocycles. The first-order valence-corrected chi connectivity index (χ1v) is 10.1. The lowest BCUT2D eigenvalue weighted by atomic mass is 9.98. The van der Waals surface area contributed by atoms with Crippen LogP contribution < -0.4 is 4.74 Å². The second-order valence-electron chi connectivity index (χ2n) is 6.48. The van der Waals surface area contributed by atoms with Gasteiger partial charge in [0.05, 0.1) is 7.11 Å². The number of thioether (sulfide) groups is 1. The fraction of sp³-hybridized carbons (Fsp3) is 0.526. The molecule has 0 unspecified atom stereocenters. The van der Waals surface area contributed by atoms with Crippen LogP contribution in [0.5, 0.6) is 5.75 Å². The van der Waals surface area contributed by atoms with E-state index in [0.29, 0.717) is 5.75 Å². The summed E-state index contributed by atoms with van der Waals surface area (Å²) in [6.45, 7) is 3.32. The summed E-state index contributed by atoms with van der Waals surface area (Å²) in [4.78, 5) is 38.4. The van der Waals surface area contributed by atoms with Crippen LogP contribution in [-0.4, -0.2) is 61.4 Å². The van der Waals surface area contributed by atoms with Crippen LogP contribution in [0.3, 0.4) is 0 Å². The minimum absolute atomic E-state index is 0.256. The van der Waals surface area contributed by atoms with E-state index in [1.165, 1.54) is 32.5 Å². The third kappa shape index (κ3) is 7.06. The largest absolute Gasteiger partial charge is 0.497 e. The van der Waals surface area contributed by atoms with Crippen LogP contribution in [-0.2, 0) is 33.3 Å². The Kier molecular flexibility index (Phi) is 8.98. The van der Waals surface area contributed by atoms with E-state index >= 15 is 0 Å². The zero-order chi connectivity index (χ0) is 23.0. The monoisotopic (exact) mass is 453 g/mol. The standard InChI is InChI=1S/C19H23N3O8S/c1-10(23)27-9-15-17(28-11(2)24)18(29-12(3)25)16(21-22-20)19(30-15)31-14-7-5-13(26-4)6-8-14/h5-8,15-19H,9H2,1-4H3/t15-,16+,17-,18-,19-/m1/s1. The second-order valence-corrected chi connectivity index (χ2v) is 7.65. The predicted octanol–water partition coefficient (Wildman–Crippen LogP) is 2.62. The van der Waals surface area contributed by atoms with Gasteiger partial charge < -0.3 is 23.7 Å². The highest BCUT2D eigenvalue weighted by atomic mass is 32.2. The molecular formula is C19H23N3O8S. The predicted molar refractivity (Wildman–Crippen MR) is 108 cm³/mol. The Hall–Kier alpha value is -2.95. The summed E-state index contributed by atoms with van der Waals surface area (Å²) < 4.78 is 26.9. The maximum Gasteiger partial charge on any atom is 0.303 e. The Bertz CT molecular complexity index is 843. The van der Waals surface area contributed by atoms with E-state index in [1.807, 2.05) is 0 Å². The van der Waals surface area contributed by atoms with Gasteiger partial charge in [-0.05, 0) is 29.8 Å². The zero-order valence-corrected chi connectivity index (χ0v) is 18.2. The van der Waals surface area contributed by atoms with E-state index in [1.54, 1.807) is 31.4 Å². The summed E-state index contributed by atoms with van der Waals surface area (Å²) in [5.74, 6) is -1.24. The lowest BCUT2D eigenvalue weighted by molar-refractivity contribution is -0.208. The Labute approximate surface area is 182 Å². The van der Waals surface area contributed by atoms with Gasteiger partial charge in [-0.3, -0.25) is 14.4 Å². The van der Waals surface area contributed by atoms with Crippen LogP contribution in [0.1, 0.15) is 20.8 Å². The van der Waals surface area contributed by atoms with Crippen molar-refractivity contribution in [3.63, 3.8) is 0 Å². The highest BCUT2D eigenvalue weighted by Gasteiger charge is 2.50. The summed E-state index contributed by atoms with van der Waals surface area (Å²) in [7, 11) is 1.54. The molecule has 1 fully saturated rings. The van der Waals surface area contributed by atoms with Crippen molar-refractivity contribution in [1.29, 1.82) is 0 Å². The molecule has 0 saturated carbocycles. The van der Waals surface area contributed by atoms with Crippen LogP contribution >= 0.6 is 11.8 Å². The quantitative estimate of drug-likeness (QED) is 0.190. The van der Waals surface area contributed by atoms with Crippen molar-refractivity contribution in [3.8, 4) is 5.75 Å². The van der Waals surface area contributed by atoms with Gasteiger partial charge in [-0.25, -0.2) is 0 Å². The minimum atomic E-state index is -1.15. The average molecular weight is 453 g/mol. The lowest BCUT2D eigenvalue weighted by Gasteiger charge is -2.43. The van der Waals surface area contributed by atoms with E-state index in [-0.39, 0.29) is 6.61 Å². The number of ether oxygens (including phenoxy) is 5. The highest BCUT2D eigenvalue weighted by Crippen LogP contribution is 2.38. The molecule has 12 heteroatoms. The number of hydrogen-bond acceptors (Lipinski definition) is 10. The number of esters is 3. The van der Waals surface area contributed by atoms with Gasteiger partial charge >= 0.3 is 17.9 Å². The van der Waals surface area contributed by atoms with Gasteiger partial charge in [-0.1, -0.05) is 16.9 Å². The molecule has 0 aromatic heterocycles. The van der Waals surface area contributed by atoms with Crippen molar-refractivity contribution in [3.05, 3.63) is 34.7 Å². The first-order valence-electron chi connectivity index (χ1n) is 9.23. The van der Waals surface area contributed by atoms with E-state index in [0.717, 1.165) is 4.90 Å². The summed E-state index contributed by atoms with van der Waals surface area (Å²) in [5.41, 5.74) is 8.26. The molecule has 2 rings (SSSR count). The molecule has 31 heavy (non-hydrogen) atoms. The highest BCUT2D eigenvalue weighted by molar-refractivity contribution is 7.99. The molecule has 1 heterocycles. The summed E-state index contributed by atoms with van der Waals surface area (Å²) >= 11 is 1.21. The SMILES string of the molecule is COc1ccc(S[C@H]2O[C@H](COC(C)=O)[C@@H](OC(C)=O)[C@H](OC(C)=O)[C@@H]2N=[N+]=[N-])cc1. The molecule has 11 nitrogen and oxygen atoms in total. The Morgan fingerprint density at radius 2 is 1.68 bits per heavy atom. The number of carbonyl (C=O) groups is 3. The third-order valence-corrected chi connectivity index (χ3v) is 5.33. The van der Waals surface area contributed by atoms with Gasteiger partial charge in [0.15, 0.2) is 12.2 Å². The molecule has 0 amide bonds.